The fourth-order valence-corrected chi connectivity index (χ4v) is 4.99. The maximum Gasteiger partial charge on any atom is 0.332 e. The molecule has 1 aliphatic heterocycles. The molecule has 3 aromatic rings. The second kappa shape index (κ2) is 9.49. The third-order valence-corrected chi connectivity index (χ3v) is 7.20. The SMILES string of the molecule is Cc1ccc(-n2c(SC(C)C(=O)c3c(N)n(C)c(=O)n(C)c3=O)nnc2N2CCCCC2)cc1. The van der Waals surface area contributed by atoms with Crippen LogP contribution < -0.4 is 21.9 Å². The molecular formula is C23H29N7O3S. The van der Waals surface area contributed by atoms with E-state index in [0.717, 1.165) is 52.3 Å². The summed E-state index contributed by atoms with van der Waals surface area (Å²) in [5.41, 5.74) is 6.56. The Morgan fingerprint density at radius 2 is 1.68 bits per heavy atom. The minimum absolute atomic E-state index is 0.139. The van der Waals surface area contributed by atoms with Crippen molar-refractivity contribution in [2.24, 2.45) is 14.1 Å². The van der Waals surface area contributed by atoms with Crippen LogP contribution in [0.1, 0.15) is 42.1 Å². The summed E-state index contributed by atoms with van der Waals surface area (Å²) < 4.78 is 3.96. The summed E-state index contributed by atoms with van der Waals surface area (Å²) in [6, 6.07) is 8.05. The number of aromatic nitrogens is 5. The van der Waals surface area contributed by atoms with Crippen LogP contribution in [0.3, 0.4) is 0 Å². The summed E-state index contributed by atoms with van der Waals surface area (Å²) in [5.74, 6) is 0.138. The number of ketones is 1. The fourth-order valence-electron chi connectivity index (χ4n) is 4.06. The molecule has 4 rings (SSSR count). The Hall–Kier alpha value is -3.34. The van der Waals surface area contributed by atoms with E-state index in [1.54, 1.807) is 6.92 Å². The quantitative estimate of drug-likeness (QED) is 0.417. The van der Waals surface area contributed by atoms with Crippen molar-refractivity contribution < 1.29 is 4.79 Å². The molecule has 2 aromatic heterocycles. The maximum atomic E-state index is 13.3. The van der Waals surface area contributed by atoms with E-state index in [0.29, 0.717) is 5.16 Å². The Kier molecular flexibility index (Phi) is 6.65. The number of aryl methyl sites for hydroxylation is 1. The van der Waals surface area contributed by atoms with E-state index in [1.165, 1.54) is 32.3 Å². The lowest BCUT2D eigenvalue weighted by Gasteiger charge is -2.28. The van der Waals surface area contributed by atoms with Gasteiger partial charge in [0, 0.05) is 27.2 Å². The normalized spacial score (nSPS) is 14.9. The molecule has 10 nitrogen and oxygen atoms in total. The molecule has 1 fully saturated rings. The number of piperidine rings is 1. The van der Waals surface area contributed by atoms with E-state index in [-0.39, 0.29) is 11.4 Å². The smallest absolute Gasteiger partial charge is 0.332 e. The van der Waals surface area contributed by atoms with Gasteiger partial charge in [0.2, 0.25) is 5.95 Å². The van der Waals surface area contributed by atoms with Gasteiger partial charge in [-0.05, 0) is 45.2 Å². The predicted octanol–water partition coefficient (Wildman–Crippen LogP) is 1.91. The molecular weight excluding hydrogens is 454 g/mol. The molecule has 0 saturated carbocycles. The molecule has 0 bridgehead atoms. The van der Waals surface area contributed by atoms with Gasteiger partial charge in [0.25, 0.3) is 5.56 Å². The Morgan fingerprint density at radius 1 is 1.03 bits per heavy atom. The molecule has 34 heavy (non-hydrogen) atoms. The topological polar surface area (TPSA) is 121 Å². The van der Waals surface area contributed by atoms with Gasteiger partial charge in [-0.2, -0.15) is 0 Å². The van der Waals surface area contributed by atoms with Gasteiger partial charge < -0.3 is 10.6 Å². The molecule has 1 saturated heterocycles. The first-order valence-electron chi connectivity index (χ1n) is 11.2. The minimum Gasteiger partial charge on any atom is -0.384 e. The first-order chi connectivity index (χ1) is 16.2. The van der Waals surface area contributed by atoms with Gasteiger partial charge in [-0.3, -0.25) is 23.3 Å². The van der Waals surface area contributed by atoms with E-state index >= 15 is 0 Å². The van der Waals surface area contributed by atoms with Crippen molar-refractivity contribution in [3.8, 4) is 5.69 Å². The van der Waals surface area contributed by atoms with Gasteiger partial charge in [0.15, 0.2) is 10.9 Å². The van der Waals surface area contributed by atoms with Gasteiger partial charge in [0.1, 0.15) is 11.4 Å². The minimum atomic E-state index is -0.702. The van der Waals surface area contributed by atoms with E-state index in [9.17, 15) is 14.4 Å². The summed E-state index contributed by atoms with van der Waals surface area (Å²) in [6.07, 6.45) is 3.37. The number of hydrogen-bond acceptors (Lipinski definition) is 8. The molecule has 11 heteroatoms. The molecule has 1 aliphatic rings. The number of nitrogens with two attached hydrogens (primary N) is 1. The van der Waals surface area contributed by atoms with Crippen molar-refractivity contribution in [3.05, 3.63) is 56.2 Å². The van der Waals surface area contributed by atoms with E-state index in [1.807, 2.05) is 35.8 Å². The fraction of sp³-hybridized carbons (Fsp3) is 0.435. The van der Waals surface area contributed by atoms with Crippen LogP contribution in [0.2, 0.25) is 0 Å². The van der Waals surface area contributed by atoms with Crippen molar-refractivity contribution in [3.63, 3.8) is 0 Å². The lowest BCUT2D eigenvalue weighted by molar-refractivity contribution is 0.0992. The summed E-state index contributed by atoms with van der Waals surface area (Å²) in [7, 11) is 2.77. The second-order valence-corrected chi connectivity index (χ2v) is 9.90. The summed E-state index contributed by atoms with van der Waals surface area (Å²) in [6.45, 7) is 5.52. The molecule has 1 unspecified atom stereocenters. The second-order valence-electron chi connectivity index (χ2n) is 8.59. The van der Waals surface area contributed by atoms with Crippen LogP contribution in [0.25, 0.3) is 5.69 Å². The lowest BCUT2D eigenvalue weighted by atomic mass is 10.1. The van der Waals surface area contributed by atoms with Crippen LogP contribution in [0.5, 0.6) is 0 Å². The Bertz CT molecular complexity index is 1330. The number of anilines is 2. The maximum absolute atomic E-state index is 13.3. The van der Waals surface area contributed by atoms with Crippen molar-refractivity contribution in [1.82, 2.24) is 23.9 Å². The Morgan fingerprint density at radius 3 is 2.32 bits per heavy atom. The third-order valence-electron chi connectivity index (χ3n) is 6.16. The molecule has 0 aliphatic carbocycles. The summed E-state index contributed by atoms with van der Waals surface area (Å²) in [5, 5.41) is 8.74. The van der Waals surface area contributed by atoms with Crippen LogP contribution in [0.15, 0.2) is 39.0 Å². The zero-order valence-electron chi connectivity index (χ0n) is 19.8. The molecule has 180 valence electrons. The zero-order valence-corrected chi connectivity index (χ0v) is 20.6. The molecule has 3 heterocycles. The van der Waals surface area contributed by atoms with E-state index in [4.69, 9.17) is 5.73 Å². The van der Waals surface area contributed by atoms with E-state index in [2.05, 4.69) is 15.1 Å². The van der Waals surface area contributed by atoms with Gasteiger partial charge in [0.05, 0.1) is 10.9 Å². The number of carbonyl (C=O) groups is 1. The van der Waals surface area contributed by atoms with Crippen molar-refractivity contribution in [2.45, 2.75) is 43.5 Å². The molecule has 0 radical (unpaired) electrons. The largest absolute Gasteiger partial charge is 0.384 e. The highest BCUT2D eigenvalue weighted by atomic mass is 32.2. The van der Waals surface area contributed by atoms with Gasteiger partial charge >= 0.3 is 5.69 Å². The highest BCUT2D eigenvalue weighted by Crippen LogP contribution is 2.31. The summed E-state index contributed by atoms with van der Waals surface area (Å²) >= 11 is 1.21. The molecule has 1 aromatic carbocycles. The number of hydrogen-bond donors (Lipinski definition) is 1. The number of carbonyl (C=O) groups excluding carboxylic acids is 1. The van der Waals surface area contributed by atoms with Crippen LogP contribution in [-0.4, -0.2) is 48.0 Å². The van der Waals surface area contributed by atoms with Crippen molar-refractivity contribution >= 4 is 29.3 Å². The summed E-state index contributed by atoms with van der Waals surface area (Å²) in [4.78, 5) is 40.3. The van der Waals surface area contributed by atoms with Crippen LogP contribution in [0, 0.1) is 6.92 Å². The number of Topliss-reactive ketones (excluding diaryl/α,β-unsaturated/α-hetero) is 1. The van der Waals surface area contributed by atoms with Crippen LogP contribution >= 0.6 is 11.8 Å². The molecule has 0 amide bonds. The zero-order chi connectivity index (χ0) is 24.6. The first kappa shape index (κ1) is 23.8. The lowest BCUT2D eigenvalue weighted by Crippen LogP contribution is -2.42. The van der Waals surface area contributed by atoms with Gasteiger partial charge in [-0.15, -0.1) is 10.2 Å². The standard InChI is InChI=1S/C23H29N7O3S/c1-14-8-10-16(11-9-14)30-21(29-12-6-5-7-13-29)25-26-22(30)34-15(2)18(31)17-19(24)27(3)23(33)28(4)20(17)32/h8-11,15H,5-7,12-13,24H2,1-4H3. The van der Waals surface area contributed by atoms with Crippen LogP contribution in [0.4, 0.5) is 11.8 Å². The number of thioether (sulfide) groups is 1. The predicted molar refractivity (Wildman–Crippen MR) is 133 cm³/mol. The Labute approximate surface area is 201 Å². The molecule has 2 N–H and O–H groups in total. The highest BCUT2D eigenvalue weighted by Gasteiger charge is 2.28. The van der Waals surface area contributed by atoms with Crippen LogP contribution in [-0.2, 0) is 14.1 Å². The number of benzene rings is 1. The van der Waals surface area contributed by atoms with Crippen molar-refractivity contribution in [1.29, 1.82) is 0 Å². The average Bonchev–Trinajstić information content (AvgIpc) is 3.26. The Balaban J connectivity index is 1.72. The van der Waals surface area contributed by atoms with Gasteiger partial charge in [-0.25, -0.2) is 4.79 Å². The molecule has 0 spiro atoms. The number of rotatable bonds is 6. The average molecular weight is 484 g/mol. The third kappa shape index (κ3) is 4.27. The number of nitrogens with zero attached hydrogens (tertiary/aromatic N) is 6. The number of nitrogen functional groups attached to an aromatic ring is 1. The van der Waals surface area contributed by atoms with Crippen molar-refractivity contribution in [2.75, 3.05) is 23.7 Å². The van der Waals surface area contributed by atoms with Gasteiger partial charge in [-0.1, -0.05) is 29.5 Å². The first-order valence-corrected chi connectivity index (χ1v) is 12.1. The molecule has 1 atom stereocenters. The monoisotopic (exact) mass is 483 g/mol. The highest BCUT2D eigenvalue weighted by molar-refractivity contribution is 8.00. The van der Waals surface area contributed by atoms with E-state index < -0.39 is 22.3 Å².